The molecule has 0 atom stereocenters. The molecular weight excluding hydrogens is 391 g/mol. The van der Waals surface area contributed by atoms with Gasteiger partial charge in [0.1, 0.15) is 5.82 Å². The van der Waals surface area contributed by atoms with Crippen LogP contribution in [0.2, 0.25) is 0 Å². The molecule has 1 aliphatic heterocycles. The third kappa shape index (κ3) is 4.88. The van der Waals surface area contributed by atoms with E-state index in [0.29, 0.717) is 12.8 Å². The first-order chi connectivity index (χ1) is 11.6. The first-order valence-electron chi connectivity index (χ1n) is 8.09. The Morgan fingerprint density at radius 3 is 2.42 bits per heavy atom. The molecule has 0 radical (unpaired) electrons. The number of carbonyl (C=O) groups excluding carboxylic acids is 1. The number of nitrogens with zero attached hydrogens (tertiary/aromatic N) is 2. The molecule has 0 N–H and O–H groups in total. The SMILES string of the molecule is O=C(CCc1ccc(F)cc1)N1CCN(Cc2ccc(Br)s2)CC1. The molecule has 1 aromatic carbocycles. The fourth-order valence-electron chi connectivity index (χ4n) is 2.87. The van der Waals surface area contributed by atoms with Crippen molar-refractivity contribution in [3.63, 3.8) is 0 Å². The largest absolute Gasteiger partial charge is 0.340 e. The first-order valence-corrected chi connectivity index (χ1v) is 9.70. The number of hydrogen-bond acceptors (Lipinski definition) is 3. The van der Waals surface area contributed by atoms with Crippen molar-refractivity contribution in [2.75, 3.05) is 26.2 Å². The summed E-state index contributed by atoms with van der Waals surface area (Å²) in [6.07, 6.45) is 1.16. The number of amides is 1. The molecule has 2 heterocycles. The predicted molar refractivity (Wildman–Crippen MR) is 98.6 cm³/mol. The van der Waals surface area contributed by atoms with E-state index < -0.39 is 0 Å². The molecule has 6 heteroatoms. The number of thiophene rings is 1. The maximum absolute atomic E-state index is 12.9. The minimum Gasteiger partial charge on any atom is -0.340 e. The minimum absolute atomic E-state index is 0.192. The van der Waals surface area contributed by atoms with Crippen molar-refractivity contribution in [3.05, 3.63) is 56.4 Å². The highest BCUT2D eigenvalue weighted by molar-refractivity contribution is 9.11. The standard InChI is InChI=1S/C18H20BrFN2OS/c19-17-7-6-16(24-17)13-21-9-11-22(12-10-21)18(23)8-3-14-1-4-15(20)5-2-14/h1-2,4-7H,3,8-13H2. The summed E-state index contributed by atoms with van der Waals surface area (Å²) in [5.74, 6) is -0.0446. The van der Waals surface area contributed by atoms with Crippen LogP contribution in [0.25, 0.3) is 0 Å². The Labute approximate surface area is 154 Å². The highest BCUT2D eigenvalue weighted by atomic mass is 79.9. The molecular formula is C18H20BrFN2OS. The van der Waals surface area contributed by atoms with Gasteiger partial charge in [0.25, 0.3) is 0 Å². The Morgan fingerprint density at radius 2 is 1.79 bits per heavy atom. The van der Waals surface area contributed by atoms with Gasteiger partial charge in [0, 0.05) is 44.0 Å². The second-order valence-electron chi connectivity index (χ2n) is 5.99. The summed E-state index contributed by atoms with van der Waals surface area (Å²) >= 11 is 5.26. The van der Waals surface area contributed by atoms with Gasteiger partial charge in [-0.3, -0.25) is 9.69 Å². The van der Waals surface area contributed by atoms with Crippen LogP contribution in [0.5, 0.6) is 0 Å². The summed E-state index contributed by atoms with van der Waals surface area (Å²) in [4.78, 5) is 18.0. The van der Waals surface area contributed by atoms with Crippen molar-refractivity contribution in [2.24, 2.45) is 0 Å². The van der Waals surface area contributed by atoms with Crippen LogP contribution < -0.4 is 0 Å². The van der Waals surface area contributed by atoms with Crippen molar-refractivity contribution in [3.8, 4) is 0 Å². The maximum atomic E-state index is 12.9. The van der Waals surface area contributed by atoms with Crippen LogP contribution in [-0.2, 0) is 17.8 Å². The topological polar surface area (TPSA) is 23.6 Å². The van der Waals surface area contributed by atoms with E-state index in [1.807, 2.05) is 4.90 Å². The lowest BCUT2D eigenvalue weighted by molar-refractivity contribution is -0.132. The number of carbonyl (C=O) groups is 1. The summed E-state index contributed by atoms with van der Waals surface area (Å²) in [5, 5.41) is 0. The average Bonchev–Trinajstić information content (AvgIpc) is 2.99. The highest BCUT2D eigenvalue weighted by Crippen LogP contribution is 2.23. The molecule has 1 amide bonds. The second-order valence-corrected chi connectivity index (χ2v) is 8.54. The van der Waals surface area contributed by atoms with Crippen LogP contribution in [0.1, 0.15) is 16.9 Å². The molecule has 0 bridgehead atoms. The van der Waals surface area contributed by atoms with E-state index in [9.17, 15) is 9.18 Å². The quantitative estimate of drug-likeness (QED) is 0.745. The third-order valence-electron chi connectivity index (χ3n) is 4.27. The lowest BCUT2D eigenvalue weighted by Crippen LogP contribution is -2.48. The van der Waals surface area contributed by atoms with Gasteiger partial charge in [-0.25, -0.2) is 4.39 Å². The lowest BCUT2D eigenvalue weighted by atomic mass is 10.1. The van der Waals surface area contributed by atoms with Crippen LogP contribution in [-0.4, -0.2) is 41.9 Å². The fourth-order valence-corrected chi connectivity index (χ4v) is 4.40. The molecule has 1 fully saturated rings. The number of halogens is 2. The molecule has 1 aliphatic rings. The average molecular weight is 411 g/mol. The Morgan fingerprint density at radius 1 is 1.08 bits per heavy atom. The van der Waals surface area contributed by atoms with Crippen molar-refractivity contribution < 1.29 is 9.18 Å². The van der Waals surface area contributed by atoms with Crippen molar-refractivity contribution in [1.82, 2.24) is 9.80 Å². The third-order valence-corrected chi connectivity index (χ3v) is 5.88. The van der Waals surface area contributed by atoms with Gasteiger partial charge in [0.2, 0.25) is 5.91 Å². The zero-order chi connectivity index (χ0) is 16.9. The van der Waals surface area contributed by atoms with Crippen LogP contribution in [0.15, 0.2) is 40.2 Å². The molecule has 0 spiro atoms. The van der Waals surface area contributed by atoms with Crippen molar-refractivity contribution in [1.29, 1.82) is 0 Å². The molecule has 1 saturated heterocycles. The number of rotatable bonds is 5. The van der Waals surface area contributed by atoms with E-state index in [2.05, 4.69) is 33.0 Å². The van der Waals surface area contributed by atoms with E-state index in [1.165, 1.54) is 17.0 Å². The second kappa shape index (κ2) is 8.23. The van der Waals surface area contributed by atoms with Crippen molar-refractivity contribution >= 4 is 33.2 Å². The van der Waals surface area contributed by atoms with Crippen LogP contribution >= 0.6 is 27.3 Å². The molecule has 1 aromatic heterocycles. The van der Waals surface area contributed by atoms with E-state index in [1.54, 1.807) is 23.5 Å². The highest BCUT2D eigenvalue weighted by Gasteiger charge is 2.21. The summed E-state index contributed by atoms with van der Waals surface area (Å²) in [5.41, 5.74) is 1.01. The van der Waals surface area contributed by atoms with Gasteiger partial charge in [-0.1, -0.05) is 12.1 Å². The molecule has 2 aromatic rings. The molecule has 0 unspecified atom stereocenters. The minimum atomic E-state index is -0.237. The number of piperazine rings is 1. The Kier molecular flexibility index (Phi) is 6.03. The van der Waals surface area contributed by atoms with E-state index >= 15 is 0 Å². The molecule has 0 saturated carbocycles. The van der Waals surface area contributed by atoms with Crippen LogP contribution in [0.3, 0.4) is 0 Å². The molecule has 128 valence electrons. The zero-order valence-electron chi connectivity index (χ0n) is 13.4. The summed E-state index contributed by atoms with van der Waals surface area (Å²) in [6, 6.07) is 10.6. The van der Waals surface area contributed by atoms with Crippen molar-refractivity contribution in [2.45, 2.75) is 19.4 Å². The van der Waals surface area contributed by atoms with E-state index in [4.69, 9.17) is 0 Å². The van der Waals surface area contributed by atoms with E-state index in [-0.39, 0.29) is 11.7 Å². The fraction of sp³-hybridized carbons (Fsp3) is 0.389. The first kappa shape index (κ1) is 17.6. The molecule has 24 heavy (non-hydrogen) atoms. The van der Waals surface area contributed by atoms with Gasteiger partial charge < -0.3 is 4.90 Å². The van der Waals surface area contributed by atoms with Gasteiger partial charge in [0.15, 0.2) is 0 Å². The zero-order valence-corrected chi connectivity index (χ0v) is 15.8. The molecule has 3 nitrogen and oxygen atoms in total. The van der Waals surface area contributed by atoms with Gasteiger partial charge in [-0.2, -0.15) is 0 Å². The van der Waals surface area contributed by atoms with Gasteiger partial charge in [0.05, 0.1) is 3.79 Å². The van der Waals surface area contributed by atoms with Gasteiger partial charge >= 0.3 is 0 Å². The monoisotopic (exact) mass is 410 g/mol. The maximum Gasteiger partial charge on any atom is 0.222 e. The number of benzene rings is 1. The molecule has 0 aliphatic carbocycles. The van der Waals surface area contributed by atoms with Crippen LogP contribution in [0, 0.1) is 5.82 Å². The van der Waals surface area contributed by atoms with E-state index in [0.717, 1.165) is 42.1 Å². The van der Waals surface area contributed by atoms with Gasteiger partial charge in [-0.15, -0.1) is 11.3 Å². The summed E-state index contributed by atoms with van der Waals surface area (Å²) in [6.45, 7) is 4.35. The van der Waals surface area contributed by atoms with Gasteiger partial charge in [-0.05, 0) is 52.2 Å². The summed E-state index contributed by atoms with van der Waals surface area (Å²) in [7, 11) is 0. The Bertz CT molecular complexity index is 681. The number of aryl methyl sites for hydroxylation is 1. The summed E-state index contributed by atoms with van der Waals surface area (Å²) < 4.78 is 14.0. The number of hydrogen-bond donors (Lipinski definition) is 0. The predicted octanol–water partition coefficient (Wildman–Crippen LogP) is 3.93. The smallest absolute Gasteiger partial charge is 0.222 e. The Hall–Kier alpha value is -1.24. The Balaban J connectivity index is 1.42. The normalized spacial score (nSPS) is 15.7. The lowest BCUT2D eigenvalue weighted by Gasteiger charge is -2.34. The van der Waals surface area contributed by atoms with Crippen LogP contribution in [0.4, 0.5) is 4.39 Å². The molecule has 3 rings (SSSR count).